The number of aromatic nitrogens is 2. The van der Waals surface area contributed by atoms with Gasteiger partial charge in [0.05, 0.1) is 11.0 Å². The highest BCUT2D eigenvalue weighted by Gasteiger charge is 2.19. The summed E-state index contributed by atoms with van der Waals surface area (Å²) in [5.74, 6) is 0.418. The van der Waals surface area contributed by atoms with E-state index >= 15 is 0 Å². The first-order chi connectivity index (χ1) is 8.94. The van der Waals surface area contributed by atoms with Gasteiger partial charge in [0.15, 0.2) is 18.6 Å². The monoisotopic (exact) mass is 300 g/mol. The van der Waals surface area contributed by atoms with Gasteiger partial charge in [0.1, 0.15) is 0 Å². The van der Waals surface area contributed by atoms with Crippen molar-refractivity contribution >= 4 is 27.4 Å². The van der Waals surface area contributed by atoms with Gasteiger partial charge in [-0.3, -0.25) is 4.72 Å². The van der Waals surface area contributed by atoms with Crippen molar-refractivity contribution in [1.82, 2.24) is 5.10 Å². The Morgan fingerprint density at radius 1 is 1.37 bits per heavy atom. The molecule has 1 aromatic carbocycles. The molecule has 19 heavy (non-hydrogen) atoms. The SMILES string of the molecule is CC[n+]1ccc(NS(=O)(=O)c2cccc(Cl)c2C)[nH]1. The normalized spacial score (nSPS) is 11.5. The molecule has 0 bridgehead atoms. The summed E-state index contributed by atoms with van der Waals surface area (Å²) in [6.07, 6.45) is 1.77. The fourth-order valence-corrected chi connectivity index (χ4v) is 3.23. The molecule has 102 valence electrons. The molecule has 1 heterocycles. The number of benzene rings is 1. The topological polar surface area (TPSA) is 65.8 Å². The lowest BCUT2D eigenvalue weighted by molar-refractivity contribution is -0.746. The van der Waals surface area contributed by atoms with Crippen molar-refractivity contribution in [3.63, 3.8) is 0 Å². The molecule has 0 spiro atoms. The Labute approximate surface area is 117 Å². The number of H-pyrrole nitrogens is 1. The Hall–Kier alpha value is -1.53. The van der Waals surface area contributed by atoms with E-state index in [9.17, 15) is 8.42 Å². The van der Waals surface area contributed by atoms with Crippen LogP contribution >= 0.6 is 11.6 Å². The Balaban J connectivity index is 2.35. The van der Waals surface area contributed by atoms with Crippen LogP contribution in [0.1, 0.15) is 12.5 Å². The summed E-state index contributed by atoms with van der Waals surface area (Å²) in [6.45, 7) is 4.37. The summed E-state index contributed by atoms with van der Waals surface area (Å²) in [4.78, 5) is 0.178. The van der Waals surface area contributed by atoms with Crippen LogP contribution in [0.5, 0.6) is 0 Å². The van der Waals surface area contributed by atoms with E-state index in [1.165, 1.54) is 6.07 Å². The first-order valence-electron chi connectivity index (χ1n) is 5.80. The van der Waals surface area contributed by atoms with E-state index in [1.807, 2.05) is 6.92 Å². The number of hydrogen-bond acceptors (Lipinski definition) is 2. The van der Waals surface area contributed by atoms with Gasteiger partial charge >= 0.3 is 0 Å². The highest BCUT2D eigenvalue weighted by atomic mass is 35.5. The summed E-state index contributed by atoms with van der Waals surface area (Å²) in [5.41, 5.74) is 0.534. The summed E-state index contributed by atoms with van der Waals surface area (Å²) in [6, 6.07) is 6.47. The molecular formula is C12H15ClN3O2S+. The number of nitrogens with zero attached hydrogens (tertiary/aromatic N) is 1. The predicted molar refractivity (Wildman–Crippen MR) is 73.7 cm³/mol. The Kier molecular flexibility index (Phi) is 3.82. The van der Waals surface area contributed by atoms with Crippen LogP contribution in [0.15, 0.2) is 35.4 Å². The Morgan fingerprint density at radius 3 is 2.74 bits per heavy atom. The third-order valence-corrected chi connectivity index (χ3v) is 4.70. The van der Waals surface area contributed by atoms with Crippen molar-refractivity contribution < 1.29 is 13.1 Å². The van der Waals surface area contributed by atoms with Gasteiger partial charge in [-0.25, -0.2) is 8.42 Å². The summed E-state index contributed by atoms with van der Waals surface area (Å²) >= 11 is 5.95. The number of aromatic amines is 1. The lowest BCUT2D eigenvalue weighted by Crippen LogP contribution is -2.33. The lowest BCUT2D eigenvalue weighted by atomic mass is 10.2. The molecule has 0 aliphatic heterocycles. The largest absolute Gasteiger partial charge is 0.263 e. The summed E-state index contributed by atoms with van der Waals surface area (Å²) in [7, 11) is -3.64. The number of sulfonamides is 1. The quantitative estimate of drug-likeness (QED) is 0.849. The van der Waals surface area contributed by atoms with Crippen LogP contribution in [0.4, 0.5) is 5.82 Å². The number of hydrogen-bond donors (Lipinski definition) is 2. The van der Waals surface area contributed by atoms with Crippen LogP contribution in [0, 0.1) is 6.92 Å². The molecule has 2 rings (SSSR count). The molecule has 0 saturated heterocycles. The molecule has 0 amide bonds. The Morgan fingerprint density at radius 2 is 2.11 bits per heavy atom. The van der Waals surface area contributed by atoms with Gasteiger partial charge in [0.25, 0.3) is 10.0 Å². The minimum Gasteiger partial charge on any atom is -0.261 e. The maximum atomic E-state index is 12.3. The van der Waals surface area contributed by atoms with Crippen LogP contribution in [-0.2, 0) is 16.6 Å². The molecule has 0 saturated carbocycles. The van der Waals surface area contributed by atoms with Gasteiger partial charge in [-0.15, -0.1) is 9.78 Å². The molecule has 0 aliphatic rings. The average Bonchev–Trinajstić information content (AvgIpc) is 2.79. The fraction of sp³-hybridized carbons (Fsp3) is 0.250. The number of aryl methyl sites for hydroxylation is 1. The second-order valence-electron chi connectivity index (χ2n) is 4.10. The second-order valence-corrected chi connectivity index (χ2v) is 6.15. The van der Waals surface area contributed by atoms with E-state index in [2.05, 4.69) is 9.82 Å². The van der Waals surface area contributed by atoms with Crippen LogP contribution in [0.25, 0.3) is 0 Å². The van der Waals surface area contributed by atoms with Crippen LogP contribution in [0.2, 0.25) is 5.02 Å². The van der Waals surface area contributed by atoms with E-state index < -0.39 is 10.0 Å². The first-order valence-corrected chi connectivity index (χ1v) is 7.66. The smallest absolute Gasteiger partial charge is 0.261 e. The van der Waals surface area contributed by atoms with Crippen molar-refractivity contribution in [2.75, 3.05) is 4.72 Å². The zero-order valence-electron chi connectivity index (χ0n) is 10.6. The average molecular weight is 301 g/mol. The third kappa shape index (κ3) is 2.90. The predicted octanol–water partition coefficient (Wildman–Crippen LogP) is 2.08. The first kappa shape index (κ1) is 13.9. The zero-order valence-corrected chi connectivity index (χ0v) is 12.2. The van der Waals surface area contributed by atoms with Gasteiger partial charge < -0.3 is 0 Å². The van der Waals surface area contributed by atoms with Crippen molar-refractivity contribution in [2.24, 2.45) is 0 Å². The fourth-order valence-electron chi connectivity index (χ4n) is 1.71. The van der Waals surface area contributed by atoms with Crippen molar-refractivity contribution in [3.8, 4) is 0 Å². The molecule has 0 unspecified atom stereocenters. The van der Waals surface area contributed by atoms with E-state index in [0.717, 1.165) is 6.54 Å². The maximum absolute atomic E-state index is 12.3. The standard InChI is InChI=1S/C12H14ClN3O2S/c1-3-16-8-7-12(14-16)15-19(17,18)11-6-4-5-10(13)9(11)2/h4-8H,3H2,1-2H3,(H,14,15)/p+1. The molecular weight excluding hydrogens is 286 g/mol. The van der Waals surface area contributed by atoms with Gasteiger partial charge in [0, 0.05) is 5.02 Å². The van der Waals surface area contributed by atoms with Gasteiger partial charge in [0.2, 0.25) is 0 Å². The highest BCUT2D eigenvalue weighted by molar-refractivity contribution is 7.92. The van der Waals surface area contributed by atoms with E-state index in [1.54, 1.807) is 36.0 Å². The minimum atomic E-state index is -3.64. The molecule has 0 radical (unpaired) electrons. The minimum absolute atomic E-state index is 0.178. The van der Waals surface area contributed by atoms with Crippen LogP contribution in [-0.4, -0.2) is 13.5 Å². The van der Waals surface area contributed by atoms with Gasteiger partial charge in [-0.05, 0) is 31.5 Å². The maximum Gasteiger partial charge on any atom is 0.263 e. The van der Waals surface area contributed by atoms with Crippen LogP contribution in [0.3, 0.4) is 0 Å². The molecule has 1 aromatic heterocycles. The summed E-state index contributed by atoms with van der Waals surface area (Å²) in [5, 5.41) is 3.34. The summed E-state index contributed by atoms with van der Waals surface area (Å²) < 4.78 is 28.8. The van der Waals surface area contributed by atoms with Crippen LogP contribution < -0.4 is 9.40 Å². The number of rotatable bonds is 4. The Bertz CT molecular complexity index is 695. The highest BCUT2D eigenvalue weighted by Crippen LogP contribution is 2.24. The number of nitrogens with one attached hydrogen (secondary N) is 2. The molecule has 5 nitrogen and oxygen atoms in total. The molecule has 0 fully saturated rings. The number of halogens is 1. The van der Waals surface area contributed by atoms with Crippen molar-refractivity contribution in [3.05, 3.63) is 41.0 Å². The van der Waals surface area contributed by atoms with Crippen molar-refractivity contribution in [2.45, 2.75) is 25.3 Å². The molecule has 0 atom stereocenters. The van der Waals surface area contributed by atoms with E-state index in [4.69, 9.17) is 11.6 Å². The van der Waals surface area contributed by atoms with Gasteiger partial charge in [-0.2, -0.15) is 0 Å². The third-order valence-electron chi connectivity index (χ3n) is 2.78. The second kappa shape index (κ2) is 5.22. The molecule has 7 heteroatoms. The van der Waals surface area contributed by atoms with Gasteiger partial charge in [-0.1, -0.05) is 17.7 Å². The molecule has 2 N–H and O–H groups in total. The molecule has 2 aromatic rings. The lowest BCUT2D eigenvalue weighted by Gasteiger charge is -2.08. The molecule has 0 aliphatic carbocycles. The van der Waals surface area contributed by atoms with Crippen molar-refractivity contribution in [1.29, 1.82) is 0 Å². The van der Waals surface area contributed by atoms with E-state index in [-0.39, 0.29) is 4.90 Å². The number of anilines is 1. The zero-order chi connectivity index (χ0) is 14.0. The van der Waals surface area contributed by atoms with E-state index in [0.29, 0.717) is 16.4 Å².